The van der Waals surface area contributed by atoms with Gasteiger partial charge in [0.25, 0.3) is 0 Å². The Bertz CT molecular complexity index is 839. The highest BCUT2D eigenvalue weighted by atomic mass is 32.2. The maximum atomic E-state index is 13.0. The van der Waals surface area contributed by atoms with Gasteiger partial charge in [0.15, 0.2) is 9.84 Å². The van der Waals surface area contributed by atoms with Crippen LogP contribution < -0.4 is 0 Å². The fourth-order valence-electron chi connectivity index (χ4n) is 3.23. The molecule has 2 heterocycles. The summed E-state index contributed by atoms with van der Waals surface area (Å²) in [5, 5.41) is 3.89. The number of amides is 1. The summed E-state index contributed by atoms with van der Waals surface area (Å²) in [6, 6.07) is 9.35. The van der Waals surface area contributed by atoms with Gasteiger partial charge in [0.05, 0.1) is 23.6 Å². The van der Waals surface area contributed by atoms with Gasteiger partial charge < -0.3 is 9.42 Å². The monoisotopic (exact) mass is 362 g/mol. The van der Waals surface area contributed by atoms with E-state index in [1.807, 2.05) is 30.3 Å². The van der Waals surface area contributed by atoms with Crippen LogP contribution in [0.5, 0.6) is 0 Å². The Balaban J connectivity index is 1.84. The summed E-state index contributed by atoms with van der Waals surface area (Å²) >= 11 is 0. The molecule has 6 nitrogen and oxygen atoms in total. The van der Waals surface area contributed by atoms with Gasteiger partial charge in [-0.2, -0.15) is 0 Å². The standard InChI is InChI=1S/C18H22N2O4S/c1-13-17(14(2)24-19-13)10-18(21)20(11-15-6-4-3-5-7-15)16-8-9-25(22,23)12-16/h3-7,16H,8-12H2,1-2H3/t16-/m1/s1. The number of aryl methyl sites for hydroxylation is 2. The molecule has 7 heteroatoms. The third kappa shape index (κ3) is 4.10. The minimum absolute atomic E-state index is 0.0349. The average Bonchev–Trinajstić information content (AvgIpc) is 3.09. The van der Waals surface area contributed by atoms with E-state index in [-0.39, 0.29) is 29.9 Å². The highest BCUT2D eigenvalue weighted by Gasteiger charge is 2.35. The molecule has 2 aromatic rings. The van der Waals surface area contributed by atoms with Crippen LogP contribution in [-0.4, -0.2) is 41.9 Å². The summed E-state index contributed by atoms with van der Waals surface area (Å²) < 4.78 is 28.9. The summed E-state index contributed by atoms with van der Waals surface area (Å²) in [5.41, 5.74) is 2.47. The zero-order valence-corrected chi connectivity index (χ0v) is 15.3. The summed E-state index contributed by atoms with van der Waals surface area (Å²) in [5.74, 6) is 0.708. The summed E-state index contributed by atoms with van der Waals surface area (Å²) in [4.78, 5) is 14.7. The molecule has 0 spiro atoms. The molecule has 3 rings (SSSR count). The quantitative estimate of drug-likeness (QED) is 0.813. The third-order valence-corrected chi connectivity index (χ3v) is 6.42. The molecule has 0 aliphatic carbocycles. The van der Waals surface area contributed by atoms with Gasteiger partial charge in [0.1, 0.15) is 5.76 Å². The molecule has 134 valence electrons. The van der Waals surface area contributed by atoms with Crippen molar-refractivity contribution in [3.05, 3.63) is 52.9 Å². The number of nitrogens with zero attached hydrogens (tertiary/aromatic N) is 2. The fourth-order valence-corrected chi connectivity index (χ4v) is 4.96. The Kier molecular flexibility index (Phi) is 4.94. The SMILES string of the molecule is Cc1noc(C)c1CC(=O)N(Cc1ccccc1)[C@@H]1CCS(=O)(=O)C1. The van der Waals surface area contributed by atoms with Crippen LogP contribution in [0.15, 0.2) is 34.9 Å². The summed E-state index contributed by atoms with van der Waals surface area (Å²) in [6.07, 6.45) is 0.660. The van der Waals surface area contributed by atoms with Crippen molar-refractivity contribution in [1.82, 2.24) is 10.1 Å². The Labute approximate surface area is 147 Å². The first kappa shape index (κ1) is 17.7. The Hall–Kier alpha value is -2.15. The van der Waals surface area contributed by atoms with Crippen LogP contribution in [0.1, 0.15) is 29.0 Å². The van der Waals surface area contributed by atoms with Gasteiger partial charge in [0.2, 0.25) is 5.91 Å². The fraction of sp³-hybridized carbons (Fsp3) is 0.444. The smallest absolute Gasteiger partial charge is 0.227 e. The molecule has 1 aliphatic heterocycles. The maximum Gasteiger partial charge on any atom is 0.227 e. The Morgan fingerprint density at radius 3 is 2.56 bits per heavy atom. The normalized spacial score (nSPS) is 19.0. The molecule has 1 atom stereocenters. The van der Waals surface area contributed by atoms with Gasteiger partial charge in [-0.05, 0) is 25.8 Å². The number of hydrogen-bond donors (Lipinski definition) is 0. The molecule has 25 heavy (non-hydrogen) atoms. The lowest BCUT2D eigenvalue weighted by molar-refractivity contribution is -0.133. The predicted molar refractivity (Wildman–Crippen MR) is 93.7 cm³/mol. The zero-order valence-electron chi connectivity index (χ0n) is 14.4. The van der Waals surface area contributed by atoms with Gasteiger partial charge in [0, 0.05) is 18.2 Å². The number of hydrogen-bond acceptors (Lipinski definition) is 5. The maximum absolute atomic E-state index is 13.0. The number of aromatic nitrogens is 1. The van der Waals surface area contributed by atoms with E-state index in [2.05, 4.69) is 5.16 Å². The topological polar surface area (TPSA) is 80.5 Å². The van der Waals surface area contributed by atoms with E-state index in [1.54, 1.807) is 18.7 Å². The van der Waals surface area contributed by atoms with E-state index >= 15 is 0 Å². The second kappa shape index (κ2) is 7.00. The lowest BCUT2D eigenvalue weighted by Crippen LogP contribution is -2.41. The number of sulfone groups is 1. The van der Waals surface area contributed by atoms with Crippen LogP contribution in [0.2, 0.25) is 0 Å². The van der Waals surface area contributed by atoms with E-state index in [9.17, 15) is 13.2 Å². The molecule has 0 unspecified atom stereocenters. The minimum Gasteiger partial charge on any atom is -0.361 e. The van der Waals surface area contributed by atoms with Gasteiger partial charge >= 0.3 is 0 Å². The molecule has 0 N–H and O–H groups in total. The number of carbonyl (C=O) groups is 1. The van der Waals surface area contributed by atoms with Gasteiger partial charge in [-0.25, -0.2) is 8.42 Å². The number of rotatable bonds is 5. The number of benzene rings is 1. The molecule has 1 aromatic carbocycles. The lowest BCUT2D eigenvalue weighted by atomic mass is 10.1. The molecule has 0 bridgehead atoms. The van der Waals surface area contributed by atoms with Crippen molar-refractivity contribution < 1.29 is 17.7 Å². The van der Waals surface area contributed by atoms with E-state index in [4.69, 9.17) is 4.52 Å². The van der Waals surface area contributed by atoms with Crippen molar-refractivity contribution >= 4 is 15.7 Å². The molecule has 0 radical (unpaired) electrons. The molecule has 1 aliphatic rings. The van der Waals surface area contributed by atoms with Crippen LogP contribution >= 0.6 is 0 Å². The summed E-state index contributed by atoms with van der Waals surface area (Å²) in [7, 11) is -3.07. The van der Waals surface area contributed by atoms with Crippen molar-refractivity contribution in [1.29, 1.82) is 0 Å². The van der Waals surface area contributed by atoms with Crippen LogP contribution in [0.4, 0.5) is 0 Å². The van der Waals surface area contributed by atoms with Crippen LogP contribution in [0.3, 0.4) is 0 Å². The molecule has 1 saturated heterocycles. The zero-order chi connectivity index (χ0) is 18.0. The van der Waals surface area contributed by atoms with Crippen LogP contribution in [-0.2, 0) is 27.6 Å². The average molecular weight is 362 g/mol. The third-order valence-electron chi connectivity index (χ3n) is 4.67. The van der Waals surface area contributed by atoms with Gasteiger partial charge in [-0.1, -0.05) is 35.5 Å². The van der Waals surface area contributed by atoms with Crippen molar-refractivity contribution in [3.8, 4) is 0 Å². The van der Waals surface area contributed by atoms with Crippen molar-refractivity contribution in [2.24, 2.45) is 0 Å². The second-order valence-electron chi connectivity index (χ2n) is 6.54. The lowest BCUT2D eigenvalue weighted by Gasteiger charge is -2.28. The van der Waals surface area contributed by atoms with E-state index < -0.39 is 9.84 Å². The van der Waals surface area contributed by atoms with Gasteiger partial charge in [-0.15, -0.1) is 0 Å². The molecular weight excluding hydrogens is 340 g/mol. The van der Waals surface area contributed by atoms with E-state index in [1.165, 1.54) is 0 Å². The Morgan fingerprint density at radius 1 is 1.28 bits per heavy atom. The summed E-state index contributed by atoms with van der Waals surface area (Å²) in [6.45, 7) is 3.99. The van der Waals surface area contributed by atoms with Crippen LogP contribution in [0, 0.1) is 13.8 Å². The van der Waals surface area contributed by atoms with Crippen LogP contribution in [0.25, 0.3) is 0 Å². The Morgan fingerprint density at radius 2 is 2.00 bits per heavy atom. The molecule has 1 fully saturated rings. The molecule has 1 aromatic heterocycles. The van der Waals surface area contributed by atoms with E-state index in [0.717, 1.165) is 11.1 Å². The van der Waals surface area contributed by atoms with E-state index in [0.29, 0.717) is 24.4 Å². The molecule has 1 amide bonds. The first-order valence-electron chi connectivity index (χ1n) is 8.31. The first-order chi connectivity index (χ1) is 11.9. The highest BCUT2D eigenvalue weighted by Crippen LogP contribution is 2.22. The molecular formula is C18H22N2O4S. The first-order valence-corrected chi connectivity index (χ1v) is 10.1. The molecule has 0 saturated carbocycles. The van der Waals surface area contributed by atoms with Crippen molar-refractivity contribution in [3.63, 3.8) is 0 Å². The highest BCUT2D eigenvalue weighted by molar-refractivity contribution is 7.91. The largest absolute Gasteiger partial charge is 0.361 e. The number of carbonyl (C=O) groups excluding carboxylic acids is 1. The van der Waals surface area contributed by atoms with Crippen molar-refractivity contribution in [2.45, 2.75) is 39.3 Å². The predicted octanol–water partition coefficient (Wildman–Crippen LogP) is 2.05. The van der Waals surface area contributed by atoms with Crippen molar-refractivity contribution in [2.75, 3.05) is 11.5 Å². The second-order valence-corrected chi connectivity index (χ2v) is 8.77. The van der Waals surface area contributed by atoms with Gasteiger partial charge in [-0.3, -0.25) is 4.79 Å². The minimum atomic E-state index is -3.07.